The van der Waals surface area contributed by atoms with E-state index in [1.54, 1.807) is 6.92 Å². The Bertz CT molecular complexity index is 737. The largest absolute Gasteiger partial charge is 0.448 e. The van der Waals surface area contributed by atoms with Gasteiger partial charge in [0.1, 0.15) is 0 Å². The van der Waals surface area contributed by atoms with E-state index >= 15 is 0 Å². The summed E-state index contributed by atoms with van der Waals surface area (Å²) in [5.41, 5.74) is 0.675. The predicted octanol–water partition coefficient (Wildman–Crippen LogP) is 2.67. The standard InChI is InChI=1S/C14H12Cl2N4O3/c1-7-4-18-11(6-17-7)14(22)23-8(2)13(21)20-12-10(16)3-9(15)5-19-12/h3-6,8H,1-2H3,(H,19,20,21)/t8-/m1/s1. The van der Waals surface area contributed by atoms with Gasteiger partial charge in [-0.1, -0.05) is 23.2 Å². The van der Waals surface area contributed by atoms with Crippen LogP contribution in [-0.4, -0.2) is 32.9 Å². The van der Waals surface area contributed by atoms with Gasteiger partial charge in [0.25, 0.3) is 5.91 Å². The van der Waals surface area contributed by atoms with Gasteiger partial charge in [0.05, 0.1) is 21.9 Å². The van der Waals surface area contributed by atoms with E-state index < -0.39 is 18.0 Å². The molecule has 0 aliphatic rings. The highest BCUT2D eigenvalue weighted by Gasteiger charge is 2.21. The Morgan fingerprint density at radius 1 is 1.17 bits per heavy atom. The first-order valence-corrected chi connectivity index (χ1v) is 7.24. The quantitative estimate of drug-likeness (QED) is 0.848. The van der Waals surface area contributed by atoms with Crippen LogP contribution in [0.2, 0.25) is 10.0 Å². The SMILES string of the molecule is Cc1cnc(C(=O)O[C@H](C)C(=O)Nc2ncc(Cl)cc2Cl)cn1. The molecule has 2 rings (SSSR count). The summed E-state index contributed by atoms with van der Waals surface area (Å²) < 4.78 is 5.02. The maximum Gasteiger partial charge on any atom is 0.359 e. The number of nitrogens with one attached hydrogen (secondary N) is 1. The van der Waals surface area contributed by atoms with Crippen LogP contribution in [0.1, 0.15) is 23.1 Å². The van der Waals surface area contributed by atoms with Crippen LogP contribution in [0.5, 0.6) is 0 Å². The van der Waals surface area contributed by atoms with E-state index in [1.807, 2.05) is 0 Å². The lowest BCUT2D eigenvalue weighted by Crippen LogP contribution is -2.30. The van der Waals surface area contributed by atoms with Gasteiger partial charge in [-0.25, -0.2) is 14.8 Å². The highest BCUT2D eigenvalue weighted by atomic mass is 35.5. The van der Waals surface area contributed by atoms with E-state index in [-0.39, 0.29) is 16.5 Å². The number of nitrogens with zero attached hydrogens (tertiary/aromatic N) is 3. The number of carbonyl (C=O) groups is 2. The van der Waals surface area contributed by atoms with E-state index in [0.717, 1.165) is 0 Å². The molecule has 2 heterocycles. The number of aryl methyl sites for hydroxylation is 1. The molecule has 0 aliphatic carbocycles. The Morgan fingerprint density at radius 3 is 2.52 bits per heavy atom. The maximum atomic E-state index is 12.0. The molecule has 0 aliphatic heterocycles. The molecule has 1 N–H and O–H groups in total. The molecule has 23 heavy (non-hydrogen) atoms. The molecule has 0 saturated heterocycles. The lowest BCUT2D eigenvalue weighted by molar-refractivity contribution is -0.123. The molecule has 0 bridgehead atoms. The van der Waals surface area contributed by atoms with Crippen molar-refractivity contribution in [1.82, 2.24) is 15.0 Å². The molecule has 2 aromatic heterocycles. The van der Waals surface area contributed by atoms with Gasteiger partial charge in [-0.3, -0.25) is 9.78 Å². The maximum absolute atomic E-state index is 12.0. The first kappa shape index (κ1) is 17.1. The fourth-order valence-electron chi connectivity index (χ4n) is 1.50. The molecule has 1 atom stereocenters. The van der Waals surface area contributed by atoms with Crippen LogP contribution in [0.25, 0.3) is 0 Å². The number of carbonyl (C=O) groups excluding carboxylic acids is 2. The second-order valence-corrected chi connectivity index (χ2v) is 5.41. The molecule has 2 aromatic rings. The van der Waals surface area contributed by atoms with Crippen LogP contribution in [0.15, 0.2) is 24.7 Å². The summed E-state index contributed by atoms with van der Waals surface area (Å²) in [5.74, 6) is -1.22. The monoisotopic (exact) mass is 354 g/mol. The number of aromatic nitrogens is 3. The Kier molecular flexibility index (Phi) is 5.46. The highest BCUT2D eigenvalue weighted by Crippen LogP contribution is 2.22. The van der Waals surface area contributed by atoms with Gasteiger partial charge >= 0.3 is 5.97 Å². The summed E-state index contributed by atoms with van der Waals surface area (Å²) in [7, 11) is 0. The third-order valence-electron chi connectivity index (χ3n) is 2.69. The molecule has 0 aromatic carbocycles. The zero-order chi connectivity index (χ0) is 17.0. The number of anilines is 1. The summed E-state index contributed by atoms with van der Waals surface area (Å²) in [5, 5.41) is 2.96. The first-order chi connectivity index (χ1) is 10.9. The van der Waals surface area contributed by atoms with Crippen molar-refractivity contribution >= 4 is 40.9 Å². The fraction of sp³-hybridized carbons (Fsp3) is 0.214. The van der Waals surface area contributed by atoms with E-state index in [2.05, 4.69) is 20.3 Å². The summed E-state index contributed by atoms with van der Waals surface area (Å²) >= 11 is 11.6. The lowest BCUT2D eigenvalue weighted by atomic mass is 10.3. The second-order valence-electron chi connectivity index (χ2n) is 4.56. The molecule has 0 radical (unpaired) electrons. The first-order valence-electron chi connectivity index (χ1n) is 6.48. The molecule has 0 spiro atoms. The van der Waals surface area contributed by atoms with Gasteiger partial charge in [-0.15, -0.1) is 0 Å². The number of esters is 1. The average Bonchev–Trinajstić information content (AvgIpc) is 2.50. The number of rotatable bonds is 4. The van der Waals surface area contributed by atoms with E-state index in [1.165, 1.54) is 31.6 Å². The van der Waals surface area contributed by atoms with Crippen molar-refractivity contribution in [3.8, 4) is 0 Å². The summed E-state index contributed by atoms with van der Waals surface area (Å²) in [6, 6.07) is 1.43. The zero-order valence-electron chi connectivity index (χ0n) is 12.2. The van der Waals surface area contributed by atoms with Gasteiger partial charge in [-0.2, -0.15) is 0 Å². The molecule has 1 amide bonds. The van der Waals surface area contributed by atoms with E-state index in [4.69, 9.17) is 27.9 Å². The molecule has 120 valence electrons. The summed E-state index contributed by atoms with van der Waals surface area (Å²) in [6.45, 7) is 3.15. The van der Waals surface area contributed by atoms with Gasteiger partial charge in [0.15, 0.2) is 17.6 Å². The normalized spacial score (nSPS) is 11.7. The predicted molar refractivity (Wildman–Crippen MR) is 84.5 cm³/mol. The van der Waals surface area contributed by atoms with Crippen LogP contribution in [0, 0.1) is 6.92 Å². The zero-order valence-corrected chi connectivity index (χ0v) is 13.7. The van der Waals surface area contributed by atoms with E-state index in [0.29, 0.717) is 10.7 Å². The van der Waals surface area contributed by atoms with Gasteiger partial charge in [0, 0.05) is 12.4 Å². The van der Waals surface area contributed by atoms with Crippen LogP contribution >= 0.6 is 23.2 Å². The second kappa shape index (κ2) is 7.34. The fourth-order valence-corrected chi connectivity index (χ4v) is 1.92. The van der Waals surface area contributed by atoms with Gasteiger partial charge < -0.3 is 10.1 Å². The smallest absolute Gasteiger partial charge is 0.359 e. The highest BCUT2D eigenvalue weighted by molar-refractivity contribution is 6.36. The average molecular weight is 355 g/mol. The third-order valence-corrected chi connectivity index (χ3v) is 3.19. The topological polar surface area (TPSA) is 94.1 Å². The Hall–Kier alpha value is -2.25. The molecule has 0 saturated carbocycles. The molecular formula is C14H12Cl2N4O3. The van der Waals surface area contributed by atoms with Crippen molar-refractivity contribution in [2.45, 2.75) is 20.0 Å². The number of pyridine rings is 1. The van der Waals surface area contributed by atoms with Crippen LogP contribution < -0.4 is 5.32 Å². The van der Waals surface area contributed by atoms with Crippen molar-refractivity contribution in [2.24, 2.45) is 0 Å². The molecular weight excluding hydrogens is 343 g/mol. The van der Waals surface area contributed by atoms with Gasteiger partial charge in [0.2, 0.25) is 0 Å². The Balaban J connectivity index is 1.99. The molecule has 7 nitrogen and oxygen atoms in total. The molecule has 9 heteroatoms. The molecule has 0 fully saturated rings. The number of halogens is 2. The number of hydrogen-bond acceptors (Lipinski definition) is 6. The number of hydrogen-bond donors (Lipinski definition) is 1. The number of amides is 1. The number of ether oxygens (including phenoxy) is 1. The third kappa shape index (κ3) is 4.61. The van der Waals surface area contributed by atoms with Crippen molar-refractivity contribution in [3.05, 3.63) is 46.1 Å². The Morgan fingerprint density at radius 2 is 1.91 bits per heavy atom. The lowest BCUT2D eigenvalue weighted by Gasteiger charge is -2.13. The minimum Gasteiger partial charge on any atom is -0.448 e. The van der Waals surface area contributed by atoms with Gasteiger partial charge in [-0.05, 0) is 19.9 Å². The van der Waals surface area contributed by atoms with Crippen LogP contribution in [0.3, 0.4) is 0 Å². The minimum absolute atomic E-state index is 0.0119. The van der Waals surface area contributed by atoms with Crippen molar-refractivity contribution in [1.29, 1.82) is 0 Å². The Labute approximate surface area is 142 Å². The van der Waals surface area contributed by atoms with Crippen LogP contribution in [-0.2, 0) is 9.53 Å². The van der Waals surface area contributed by atoms with Crippen molar-refractivity contribution < 1.29 is 14.3 Å². The van der Waals surface area contributed by atoms with Crippen molar-refractivity contribution in [3.63, 3.8) is 0 Å². The minimum atomic E-state index is -1.07. The molecule has 0 unspecified atom stereocenters. The van der Waals surface area contributed by atoms with Crippen LogP contribution in [0.4, 0.5) is 5.82 Å². The summed E-state index contributed by atoms with van der Waals surface area (Å²) in [4.78, 5) is 35.6. The van der Waals surface area contributed by atoms with E-state index in [9.17, 15) is 9.59 Å². The summed E-state index contributed by atoms with van der Waals surface area (Å²) in [6.07, 6.45) is 2.97. The van der Waals surface area contributed by atoms with Crippen molar-refractivity contribution in [2.75, 3.05) is 5.32 Å².